The van der Waals surface area contributed by atoms with Crippen molar-refractivity contribution < 1.29 is 0 Å². The predicted molar refractivity (Wildman–Crippen MR) is 59.4 cm³/mol. The summed E-state index contributed by atoms with van der Waals surface area (Å²) in [6.45, 7) is 1.78. The quantitative estimate of drug-likeness (QED) is 0.683. The zero-order valence-corrected chi connectivity index (χ0v) is 8.32. The fourth-order valence-electron chi connectivity index (χ4n) is 1.40. The third kappa shape index (κ3) is 2.04. The van der Waals surface area contributed by atoms with Crippen LogP contribution in [-0.2, 0) is 0 Å². The molecule has 0 saturated heterocycles. The van der Waals surface area contributed by atoms with E-state index >= 15 is 0 Å². The van der Waals surface area contributed by atoms with E-state index in [0.717, 1.165) is 5.56 Å². The standard InChI is InChI=1S/C11H11N3O/c1-7-5-10(15)14-11(13-7)8-3-2-4-9(12)6-8/h2-6H,12H2,1H3,(H,13,14,15). The maximum absolute atomic E-state index is 11.2. The second-order valence-electron chi connectivity index (χ2n) is 3.36. The van der Waals surface area contributed by atoms with Crippen LogP contribution in [0.15, 0.2) is 35.1 Å². The van der Waals surface area contributed by atoms with Crippen molar-refractivity contribution in [2.24, 2.45) is 0 Å². The Morgan fingerprint density at radius 3 is 2.80 bits per heavy atom. The molecule has 0 unspecified atom stereocenters. The van der Waals surface area contributed by atoms with Crippen molar-refractivity contribution in [2.45, 2.75) is 6.92 Å². The molecule has 1 aromatic carbocycles. The van der Waals surface area contributed by atoms with Crippen LogP contribution in [0.25, 0.3) is 11.4 Å². The first-order valence-corrected chi connectivity index (χ1v) is 4.59. The number of nitrogens with two attached hydrogens (primary N) is 1. The molecular formula is C11H11N3O. The van der Waals surface area contributed by atoms with Gasteiger partial charge in [-0.05, 0) is 19.1 Å². The van der Waals surface area contributed by atoms with Crippen molar-refractivity contribution in [1.29, 1.82) is 0 Å². The fraction of sp³-hybridized carbons (Fsp3) is 0.0909. The average Bonchev–Trinajstić information content (AvgIpc) is 2.16. The van der Waals surface area contributed by atoms with Gasteiger partial charge in [-0.1, -0.05) is 12.1 Å². The number of rotatable bonds is 1. The molecule has 0 radical (unpaired) electrons. The molecule has 4 heteroatoms. The van der Waals surface area contributed by atoms with Gasteiger partial charge >= 0.3 is 0 Å². The smallest absolute Gasteiger partial charge is 0.251 e. The number of aryl methyl sites for hydroxylation is 1. The summed E-state index contributed by atoms with van der Waals surface area (Å²) in [4.78, 5) is 18.1. The van der Waals surface area contributed by atoms with Gasteiger partial charge in [0.05, 0.1) is 0 Å². The Bertz CT molecular complexity index is 546. The van der Waals surface area contributed by atoms with Gasteiger partial charge in [0.1, 0.15) is 5.82 Å². The maximum atomic E-state index is 11.2. The van der Waals surface area contributed by atoms with Gasteiger partial charge in [-0.3, -0.25) is 4.79 Å². The molecule has 2 rings (SSSR count). The average molecular weight is 201 g/mol. The number of hydrogen-bond donors (Lipinski definition) is 2. The molecule has 15 heavy (non-hydrogen) atoms. The van der Waals surface area contributed by atoms with E-state index in [-0.39, 0.29) is 5.56 Å². The molecule has 0 aliphatic heterocycles. The molecule has 0 spiro atoms. The van der Waals surface area contributed by atoms with Gasteiger partial charge in [-0.25, -0.2) is 4.98 Å². The molecule has 0 amide bonds. The molecule has 4 nitrogen and oxygen atoms in total. The van der Waals surface area contributed by atoms with Crippen LogP contribution in [0.2, 0.25) is 0 Å². The van der Waals surface area contributed by atoms with Gasteiger partial charge in [-0.2, -0.15) is 0 Å². The normalized spacial score (nSPS) is 10.2. The first-order valence-electron chi connectivity index (χ1n) is 4.59. The maximum Gasteiger partial charge on any atom is 0.251 e. The number of benzene rings is 1. The summed E-state index contributed by atoms with van der Waals surface area (Å²) < 4.78 is 0. The van der Waals surface area contributed by atoms with Gasteiger partial charge in [-0.15, -0.1) is 0 Å². The summed E-state index contributed by atoms with van der Waals surface area (Å²) in [5.74, 6) is 0.548. The highest BCUT2D eigenvalue weighted by Gasteiger charge is 2.01. The third-order valence-corrected chi connectivity index (χ3v) is 2.03. The lowest BCUT2D eigenvalue weighted by molar-refractivity contribution is 1.07. The van der Waals surface area contributed by atoms with Crippen LogP contribution >= 0.6 is 0 Å². The lowest BCUT2D eigenvalue weighted by Crippen LogP contribution is -2.08. The molecule has 0 aliphatic carbocycles. The van der Waals surface area contributed by atoms with Crippen molar-refractivity contribution in [3.05, 3.63) is 46.4 Å². The Kier molecular flexibility index (Phi) is 2.25. The number of aromatic nitrogens is 2. The minimum Gasteiger partial charge on any atom is -0.399 e. The van der Waals surface area contributed by atoms with Crippen LogP contribution in [0.5, 0.6) is 0 Å². The van der Waals surface area contributed by atoms with Gasteiger partial charge in [0.2, 0.25) is 0 Å². The number of anilines is 1. The van der Waals surface area contributed by atoms with Gasteiger partial charge in [0.25, 0.3) is 5.56 Å². The van der Waals surface area contributed by atoms with E-state index in [9.17, 15) is 4.79 Å². The van der Waals surface area contributed by atoms with Crippen LogP contribution < -0.4 is 11.3 Å². The summed E-state index contributed by atoms with van der Waals surface area (Å²) >= 11 is 0. The Balaban J connectivity index is 2.59. The largest absolute Gasteiger partial charge is 0.399 e. The van der Waals surface area contributed by atoms with Crippen molar-refractivity contribution in [3.63, 3.8) is 0 Å². The molecule has 76 valence electrons. The van der Waals surface area contributed by atoms with Gasteiger partial charge in [0, 0.05) is 23.0 Å². The summed E-state index contributed by atoms with van der Waals surface area (Å²) in [5.41, 5.74) is 7.66. The molecule has 0 atom stereocenters. The van der Waals surface area contributed by atoms with Crippen molar-refractivity contribution >= 4 is 5.69 Å². The lowest BCUT2D eigenvalue weighted by Gasteiger charge is -2.02. The van der Waals surface area contributed by atoms with Crippen LogP contribution in [0.4, 0.5) is 5.69 Å². The number of nitrogen functional groups attached to an aromatic ring is 1. The van der Waals surface area contributed by atoms with E-state index in [1.54, 1.807) is 19.1 Å². The summed E-state index contributed by atoms with van der Waals surface area (Å²) in [6, 6.07) is 8.70. The molecular weight excluding hydrogens is 190 g/mol. The minimum atomic E-state index is -0.153. The number of nitrogens with one attached hydrogen (secondary N) is 1. The highest BCUT2D eigenvalue weighted by atomic mass is 16.1. The predicted octanol–water partition coefficient (Wildman–Crippen LogP) is 1.33. The first-order chi connectivity index (χ1) is 7.15. The Labute approximate surface area is 86.8 Å². The molecule has 0 fully saturated rings. The van der Waals surface area contributed by atoms with Crippen molar-refractivity contribution in [3.8, 4) is 11.4 Å². The van der Waals surface area contributed by atoms with Crippen LogP contribution in [0.1, 0.15) is 5.69 Å². The van der Waals surface area contributed by atoms with Crippen LogP contribution in [0, 0.1) is 6.92 Å². The highest BCUT2D eigenvalue weighted by Crippen LogP contribution is 2.16. The Morgan fingerprint density at radius 1 is 1.33 bits per heavy atom. The fourth-order valence-corrected chi connectivity index (χ4v) is 1.40. The zero-order chi connectivity index (χ0) is 10.8. The van der Waals surface area contributed by atoms with Crippen molar-refractivity contribution in [1.82, 2.24) is 9.97 Å². The number of H-pyrrole nitrogens is 1. The SMILES string of the molecule is Cc1cc(=O)[nH]c(-c2cccc(N)c2)n1. The van der Waals surface area contributed by atoms with E-state index in [1.807, 2.05) is 12.1 Å². The van der Waals surface area contributed by atoms with Crippen molar-refractivity contribution in [2.75, 3.05) is 5.73 Å². The molecule has 0 saturated carbocycles. The molecule has 0 aliphatic rings. The number of aromatic amines is 1. The van der Waals surface area contributed by atoms with E-state index in [0.29, 0.717) is 17.2 Å². The highest BCUT2D eigenvalue weighted by molar-refractivity contribution is 5.60. The molecule has 2 aromatic rings. The topological polar surface area (TPSA) is 71.8 Å². The second-order valence-corrected chi connectivity index (χ2v) is 3.36. The summed E-state index contributed by atoms with van der Waals surface area (Å²) in [6.07, 6.45) is 0. The lowest BCUT2D eigenvalue weighted by atomic mass is 10.2. The molecule has 3 N–H and O–H groups in total. The van der Waals surface area contributed by atoms with E-state index in [4.69, 9.17) is 5.73 Å². The summed E-state index contributed by atoms with van der Waals surface area (Å²) in [7, 11) is 0. The first kappa shape index (κ1) is 9.45. The van der Waals surface area contributed by atoms with E-state index in [1.165, 1.54) is 6.07 Å². The monoisotopic (exact) mass is 201 g/mol. The van der Waals surface area contributed by atoms with Gasteiger partial charge in [0.15, 0.2) is 0 Å². The number of nitrogens with zero attached hydrogens (tertiary/aromatic N) is 1. The molecule has 1 heterocycles. The summed E-state index contributed by atoms with van der Waals surface area (Å²) in [5, 5.41) is 0. The van der Waals surface area contributed by atoms with Crippen LogP contribution in [0.3, 0.4) is 0 Å². The van der Waals surface area contributed by atoms with E-state index < -0.39 is 0 Å². The number of hydrogen-bond acceptors (Lipinski definition) is 3. The Morgan fingerprint density at radius 2 is 2.13 bits per heavy atom. The van der Waals surface area contributed by atoms with Gasteiger partial charge < -0.3 is 10.7 Å². The zero-order valence-electron chi connectivity index (χ0n) is 8.32. The van der Waals surface area contributed by atoms with Crippen LogP contribution in [-0.4, -0.2) is 9.97 Å². The Hall–Kier alpha value is -2.10. The molecule has 0 bridgehead atoms. The minimum absolute atomic E-state index is 0.153. The third-order valence-electron chi connectivity index (χ3n) is 2.03. The second kappa shape index (κ2) is 3.57. The van der Waals surface area contributed by atoms with E-state index in [2.05, 4.69) is 9.97 Å². The molecule has 1 aromatic heterocycles.